The molecule has 0 saturated carbocycles. The van der Waals surface area contributed by atoms with E-state index < -0.39 is 0 Å². The molecule has 0 spiro atoms. The molecule has 3 heterocycles. The summed E-state index contributed by atoms with van der Waals surface area (Å²) in [7, 11) is 0. The van der Waals surface area contributed by atoms with Gasteiger partial charge in [0.25, 0.3) is 5.91 Å². The Balaban J connectivity index is 1.28. The number of carbonyl (C=O) groups excluding carboxylic acids is 2. The van der Waals surface area contributed by atoms with Crippen LogP contribution in [0, 0.1) is 6.92 Å². The Kier molecular flexibility index (Phi) is 6.96. The maximum Gasteiger partial charge on any atom is 0.254 e. The average Bonchev–Trinajstić information content (AvgIpc) is 3.33. The SMILES string of the molecule is Cc1ccccc1[C@@H]1c2ccsc2CCN1CC(=O)N1CCN(C(=O)c2ccc(Cl)cc2)[C@@H](C)C1. The summed E-state index contributed by atoms with van der Waals surface area (Å²) in [4.78, 5) is 34.0. The highest BCUT2D eigenvalue weighted by Crippen LogP contribution is 2.38. The number of piperazine rings is 1. The van der Waals surface area contributed by atoms with Crippen LogP contribution < -0.4 is 0 Å². The maximum atomic E-state index is 13.5. The molecule has 0 radical (unpaired) electrons. The highest BCUT2D eigenvalue weighted by Gasteiger charge is 2.35. The molecule has 182 valence electrons. The van der Waals surface area contributed by atoms with Crippen molar-refractivity contribution < 1.29 is 9.59 Å². The number of thiophene rings is 1. The molecule has 35 heavy (non-hydrogen) atoms. The van der Waals surface area contributed by atoms with Gasteiger partial charge in [0, 0.05) is 47.7 Å². The Morgan fingerprint density at radius 1 is 1.00 bits per heavy atom. The first-order chi connectivity index (χ1) is 16.9. The molecule has 2 aliphatic rings. The van der Waals surface area contributed by atoms with Crippen molar-refractivity contribution in [3.05, 3.63) is 92.1 Å². The van der Waals surface area contributed by atoms with Gasteiger partial charge in [-0.3, -0.25) is 14.5 Å². The van der Waals surface area contributed by atoms with Crippen LogP contribution in [0.25, 0.3) is 0 Å². The molecule has 0 N–H and O–H groups in total. The molecule has 1 aromatic heterocycles. The number of fused-ring (bicyclic) bond motifs is 1. The van der Waals surface area contributed by atoms with Crippen LogP contribution in [0.5, 0.6) is 0 Å². The summed E-state index contributed by atoms with van der Waals surface area (Å²) in [6.45, 7) is 7.04. The zero-order chi connectivity index (χ0) is 24.5. The van der Waals surface area contributed by atoms with Gasteiger partial charge in [-0.15, -0.1) is 11.3 Å². The van der Waals surface area contributed by atoms with Crippen molar-refractivity contribution in [1.82, 2.24) is 14.7 Å². The second kappa shape index (κ2) is 10.1. The number of aryl methyl sites for hydroxylation is 1. The largest absolute Gasteiger partial charge is 0.338 e. The minimum Gasteiger partial charge on any atom is -0.338 e. The lowest BCUT2D eigenvalue weighted by molar-refractivity contribution is -0.135. The molecule has 7 heteroatoms. The van der Waals surface area contributed by atoms with Crippen molar-refractivity contribution in [2.75, 3.05) is 32.7 Å². The van der Waals surface area contributed by atoms with Gasteiger partial charge in [-0.05, 0) is 72.7 Å². The molecular formula is C28H30ClN3O2S. The van der Waals surface area contributed by atoms with Crippen molar-refractivity contribution in [1.29, 1.82) is 0 Å². The summed E-state index contributed by atoms with van der Waals surface area (Å²) >= 11 is 7.79. The van der Waals surface area contributed by atoms with Gasteiger partial charge in [-0.2, -0.15) is 0 Å². The molecule has 0 aliphatic carbocycles. The molecule has 2 amide bonds. The number of halogens is 1. The number of nitrogens with zero attached hydrogens (tertiary/aromatic N) is 3. The minimum absolute atomic E-state index is 0.0121. The Morgan fingerprint density at radius 2 is 1.77 bits per heavy atom. The predicted molar refractivity (Wildman–Crippen MR) is 141 cm³/mol. The fourth-order valence-corrected chi connectivity index (χ4v) is 6.34. The Labute approximate surface area is 215 Å². The molecular weight excluding hydrogens is 478 g/mol. The van der Waals surface area contributed by atoms with Crippen LogP contribution in [0.15, 0.2) is 60.0 Å². The zero-order valence-electron chi connectivity index (χ0n) is 20.1. The Bertz CT molecular complexity index is 1220. The van der Waals surface area contributed by atoms with Gasteiger partial charge in [-0.25, -0.2) is 0 Å². The lowest BCUT2D eigenvalue weighted by Gasteiger charge is -2.42. The zero-order valence-corrected chi connectivity index (χ0v) is 21.7. The van der Waals surface area contributed by atoms with Gasteiger partial charge >= 0.3 is 0 Å². The molecule has 2 aromatic carbocycles. The number of carbonyl (C=O) groups is 2. The molecule has 2 atom stereocenters. The van der Waals surface area contributed by atoms with E-state index in [0.29, 0.717) is 36.8 Å². The molecule has 0 bridgehead atoms. The molecule has 2 aliphatic heterocycles. The smallest absolute Gasteiger partial charge is 0.254 e. The first-order valence-electron chi connectivity index (χ1n) is 12.1. The Morgan fingerprint density at radius 3 is 2.51 bits per heavy atom. The number of benzene rings is 2. The topological polar surface area (TPSA) is 43.9 Å². The van der Waals surface area contributed by atoms with E-state index in [1.54, 1.807) is 24.3 Å². The summed E-state index contributed by atoms with van der Waals surface area (Å²) in [6, 6.07) is 17.8. The summed E-state index contributed by atoms with van der Waals surface area (Å²) in [5.74, 6) is 0.120. The third-order valence-electron chi connectivity index (χ3n) is 7.22. The predicted octanol–water partition coefficient (Wildman–Crippen LogP) is 5.03. The van der Waals surface area contributed by atoms with E-state index in [1.165, 1.54) is 21.6 Å². The van der Waals surface area contributed by atoms with E-state index in [2.05, 4.69) is 47.5 Å². The van der Waals surface area contributed by atoms with E-state index in [0.717, 1.165) is 13.0 Å². The number of amides is 2. The van der Waals surface area contributed by atoms with Gasteiger partial charge in [0.1, 0.15) is 0 Å². The first kappa shape index (κ1) is 24.0. The quantitative estimate of drug-likeness (QED) is 0.497. The summed E-state index contributed by atoms with van der Waals surface area (Å²) in [6.07, 6.45) is 0.975. The van der Waals surface area contributed by atoms with E-state index in [1.807, 2.05) is 28.1 Å². The maximum absolute atomic E-state index is 13.5. The summed E-state index contributed by atoms with van der Waals surface area (Å²) in [5.41, 5.74) is 4.47. The van der Waals surface area contributed by atoms with E-state index in [-0.39, 0.29) is 23.9 Å². The van der Waals surface area contributed by atoms with Crippen molar-refractivity contribution in [2.45, 2.75) is 32.4 Å². The van der Waals surface area contributed by atoms with Crippen LogP contribution in [0.2, 0.25) is 5.02 Å². The van der Waals surface area contributed by atoms with Crippen molar-refractivity contribution in [2.24, 2.45) is 0 Å². The number of hydrogen-bond acceptors (Lipinski definition) is 4. The van der Waals surface area contributed by atoms with Crippen LogP contribution in [0.4, 0.5) is 0 Å². The van der Waals surface area contributed by atoms with Gasteiger partial charge in [0.15, 0.2) is 0 Å². The lowest BCUT2D eigenvalue weighted by Crippen LogP contribution is -2.57. The molecule has 1 saturated heterocycles. The first-order valence-corrected chi connectivity index (χ1v) is 13.4. The van der Waals surface area contributed by atoms with Gasteiger partial charge in [0.05, 0.1) is 12.6 Å². The molecule has 0 unspecified atom stereocenters. The third kappa shape index (κ3) is 4.88. The van der Waals surface area contributed by atoms with Gasteiger partial charge in [0.2, 0.25) is 5.91 Å². The summed E-state index contributed by atoms with van der Waals surface area (Å²) < 4.78 is 0. The van der Waals surface area contributed by atoms with Gasteiger partial charge in [-0.1, -0.05) is 35.9 Å². The minimum atomic E-state index is -0.0483. The third-order valence-corrected chi connectivity index (χ3v) is 8.47. The van der Waals surface area contributed by atoms with Crippen molar-refractivity contribution >= 4 is 34.8 Å². The average molecular weight is 508 g/mol. The molecule has 5 nitrogen and oxygen atoms in total. The summed E-state index contributed by atoms with van der Waals surface area (Å²) in [5, 5.41) is 2.78. The monoisotopic (exact) mass is 507 g/mol. The van der Waals surface area contributed by atoms with Crippen molar-refractivity contribution in [3.63, 3.8) is 0 Å². The molecule has 1 fully saturated rings. The molecule has 3 aromatic rings. The normalized spacial score (nSPS) is 20.5. The Hall–Kier alpha value is -2.67. The van der Waals surface area contributed by atoms with Crippen LogP contribution >= 0.6 is 22.9 Å². The number of rotatable bonds is 4. The number of hydrogen-bond donors (Lipinski definition) is 0. The fraction of sp³-hybridized carbons (Fsp3) is 0.357. The van der Waals surface area contributed by atoms with E-state index in [9.17, 15) is 9.59 Å². The van der Waals surface area contributed by atoms with E-state index in [4.69, 9.17) is 11.6 Å². The highest BCUT2D eigenvalue weighted by molar-refractivity contribution is 7.10. The molecule has 5 rings (SSSR count). The van der Waals surface area contributed by atoms with E-state index >= 15 is 0 Å². The van der Waals surface area contributed by atoms with Crippen LogP contribution in [0.3, 0.4) is 0 Å². The van der Waals surface area contributed by atoms with Crippen molar-refractivity contribution in [3.8, 4) is 0 Å². The fourth-order valence-electron chi connectivity index (χ4n) is 5.31. The highest BCUT2D eigenvalue weighted by atomic mass is 35.5. The van der Waals surface area contributed by atoms with Crippen LogP contribution in [-0.2, 0) is 11.2 Å². The second-order valence-electron chi connectivity index (χ2n) is 9.47. The van der Waals surface area contributed by atoms with Gasteiger partial charge < -0.3 is 9.80 Å². The van der Waals surface area contributed by atoms with Crippen LogP contribution in [-0.4, -0.2) is 65.3 Å². The standard InChI is InChI=1S/C28H30ClN3O2S/c1-19-5-3-4-6-23(19)27-24-12-16-35-25(24)11-13-31(27)18-26(33)30-14-15-32(20(2)17-30)28(34)21-7-9-22(29)10-8-21/h3-10,12,16,20,27H,11,13-15,17-18H2,1-2H3/t20-,27+/m0/s1. The lowest BCUT2D eigenvalue weighted by atomic mass is 9.90. The second-order valence-corrected chi connectivity index (χ2v) is 10.9. The van der Waals surface area contributed by atoms with Crippen LogP contribution in [0.1, 0.15) is 44.9 Å².